The number of hydrogen-bond donors (Lipinski definition) is 1. The number of ether oxygens (including phenoxy) is 1. The van der Waals surface area contributed by atoms with E-state index in [2.05, 4.69) is 41.2 Å². The van der Waals surface area contributed by atoms with Crippen molar-refractivity contribution in [1.29, 1.82) is 0 Å². The molecule has 1 aromatic heterocycles. The standard InChI is InChI=1S/C14H23N3O/c1-12(2)15-10-13-4-5-14(16-11-13)17-6-3-8-18-9-7-17/h4-5,11-12,15H,3,6-10H2,1-2H3. The zero-order valence-electron chi connectivity index (χ0n) is 11.4. The quantitative estimate of drug-likeness (QED) is 0.883. The molecule has 1 N–H and O–H groups in total. The summed E-state index contributed by atoms with van der Waals surface area (Å²) in [7, 11) is 0. The van der Waals surface area contributed by atoms with E-state index in [0.717, 1.165) is 45.1 Å². The average molecular weight is 249 g/mol. The molecule has 2 rings (SSSR count). The number of hydrogen-bond acceptors (Lipinski definition) is 4. The summed E-state index contributed by atoms with van der Waals surface area (Å²) in [5.41, 5.74) is 1.23. The van der Waals surface area contributed by atoms with E-state index in [0.29, 0.717) is 6.04 Å². The van der Waals surface area contributed by atoms with E-state index in [-0.39, 0.29) is 0 Å². The van der Waals surface area contributed by atoms with E-state index in [9.17, 15) is 0 Å². The molecule has 1 aliphatic heterocycles. The van der Waals surface area contributed by atoms with Crippen molar-refractivity contribution in [2.24, 2.45) is 0 Å². The summed E-state index contributed by atoms with van der Waals surface area (Å²) in [6.45, 7) is 8.84. The van der Waals surface area contributed by atoms with Crippen molar-refractivity contribution >= 4 is 5.82 Å². The van der Waals surface area contributed by atoms with Crippen LogP contribution in [0.1, 0.15) is 25.8 Å². The zero-order valence-corrected chi connectivity index (χ0v) is 11.4. The number of aromatic nitrogens is 1. The molecule has 1 saturated heterocycles. The van der Waals surface area contributed by atoms with Gasteiger partial charge in [-0.2, -0.15) is 0 Å². The Morgan fingerprint density at radius 3 is 2.94 bits per heavy atom. The van der Waals surface area contributed by atoms with Crippen molar-refractivity contribution in [3.8, 4) is 0 Å². The van der Waals surface area contributed by atoms with Gasteiger partial charge >= 0.3 is 0 Å². The molecule has 0 amide bonds. The van der Waals surface area contributed by atoms with E-state index in [4.69, 9.17) is 4.74 Å². The van der Waals surface area contributed by atoms with Gasteiger partial charge in [-0.25, -0.2) is 4.98 Å². The van der Waals surface area contributed by atoms with Crippen molar-refractivity contribution in [3.63, 3.8) is 0 Å². The highest BCUT2D eigenvalue weighted by molar-refractivity contribution is 5.39. The van der Waals surface area contributed by atoms with Gasteiger partial charge < -0.3 is 15.0 Å². The number of nitrogens with zero attached hydrogens (tertiary/aromatic N) is 2. The normalized spacial score (nSPS) is 16.9. The highest BCUT2D eigenvalue weighted by atomic mass is 16.5. The first kappa shape index (κ1) is 13.3. The van der Waals surface area contributed by atoms with Crippen molar-refractivity contribution in [3.05, 3.63) is 23.9 Å². The van der Waals surface area contributed by atoms with Gasteiger partial charge in [-0.3, -0.25) is 0 Å². The number of nitrogens with one attached hydrogen (secondary N) is 1. The lowest BCUT2D eigenvalue weighted by molar-refractivity contribution is 0.152. The van der Waals surface area contributed by atoms with E-state index < -0.39 is 0 Å². The van der Waals surface area contributed by atoms with Crippen LogP contribution in [0.25, 0.3) is 0 Å². The smallest absolute Gasteiger partial charge is 0.128 e. The van der Waals surface area contributed by atoms with Crippen molar-refractivity contribution < 1.29 is 4.74 Å². The third kappa shape index (κ3) is 3.96. The molecule has 1 aliphatic rings. The Kier molecular flexibility index (Phi) is 4.96. The Bertz CT molecular complexity index is 343. The summed E-state index contributed by atoms with van der Waals surface area (Å²) in [5, 5.41) is 3.40. The third-order valence-electron chi connectivity index (χ3n) is 3.07. The van der Waals surface area contributed by atoms with Crippen LogP contribution < -0.4 is 10.2 Å². The van der Waals surface area contributed by atoms with Crippen LogP contribution in [0.2, 0.25) is 0 Å². The van der Waals surface area contributed by atoms with Gasteiger partial charge in [0, 0.05) is 38.5 Å². The molecule has 4 nitrogen and oxygen atoms in total. The highest BCUT2D eigenvalue weighted by Gasteiger charge is 2.10. The van der Waals surface area contributed by atoms with Gasteiger partial charge in [0.25, 0.3) is 0 Å². The maximum Gasteiger partial charge on any atom is 0.128 e. The number of rotatable bonds is 4. The molecule has 0 spiro atoms. The van der Waals surface area contributed by atoms with Crippen LogP contribution in [-0.2, 0) is 11.3 Å². The van der Waals surface area contributed by atoms with Crippen LogP contribution in [0.15, 0.2) is 18.3 Å². The lowest BCUT2D eigenvalue weighted by Crippen LogP contribution is -2.27. The van der Waals surface area contributed by atoms with E-state index in [1.807, 2.05) is 6.20 Å². The maximum atomic E-state index is 5.46. The van der Waals surface area contributed by atoms with Gasteiger partial charge in [0.15, 0.2) is 0 Å². The van der Waals surface area contributed by atoms with Crippen LogP contribution in [0.3, 0.4) is 0 Å². The van der Waals surface area contributed by atoms with Crippen LogP contribution >= 0.6 is 0 Å². The minimum Gasteiger partial charge on any atom is -0.380 e. The fourth-order valence-corrected chi connectivity index (χ4v) is 2.01. The van der Waals surface area contributed by atoms with Crippen molar-refractivity contribution in [2.75, 3.05) is 31.2 Å². The van der Waals surface area contributed by atoms with Gasteiger partial charge in [0.1, 0.15) is 5.82 Å². The Hall–Kier alpha value is -1.13. The van der Waals surface area contributed by atoms with Gasteiger partial charge in [-0.15, -0.1) is 0 Å². The summed E-state index contributed by atoms with van der Waals surface area (Å²) < 4.78 is 5.46. The molecule has 1 aromatic rings. The molecule has 0 unspecified atom stereocenters. The first-order chi connectivity index (χ1) is 8.75. The highest BCUT2D eigenvalue weighted by Crippen LogP contribution is 2.13. The van der Waals surface area contributed by atoms with Crippen LogP contribution in [0, 0.1) is 0 Å². The van der Waals surface area contributed by atoms with E-state index in [1.54, 1.807) is 0 Å². The second-order valence-corrected chi connectivity index (χ2v) is 5.01. The fourth-order valence-electron chi connectivity index (χ4n) is 2.01. The minimum atomic E-state index is 0.507. The molecule has 0 aliphatic carbocycles. The third-order valence-corrected chi connectivity index (χ3v) is 3.07. The van der Waals surface area contributed by atoms with Gasteiger partial charge in [-0.05, 0) is 18.1 Å². The second kappa shape index (κ2) is 6.71. The molecule has 1 fully saturated rings. The molecule has 2 heterocycles. The Balaban J connectivity index is 1.93. The maximum absolute atomic E-state index is 5.46. The summed E-state index contributed by atoms with van der Waals surface area (Å²) in [4.78, 5) is 6.85. The minimum absolute atomic E-state index is 0.507. The molecule has 4 heteroatoms. The molecular formula is C14H23N3O. The van der Waals surface area contributed by atoms with Crippen molar-refractivity contribution in [1.82, 2.24) is 10.3 Å². The number of anilines is 1. The molecule has 18 heavy (non-hydrogen) atoms. The fraction of sp³-hybridized carbons (Fsp3) is 0.643. The van der Waals surface area contributed by atoms with Crippen LogP contribution in [0.4, 0.5) is 5.82 Å². The second-order valence-electron chi connectivity index (χ2n) is 5.01. The van der Waals surface area contributed by atoms with Gasteiger partial charge in [-0.1, -0.05) is 19.9 Å². The molecule has 0 radical (unpaired) electrons. The molecular weight excluding hydrogens is 226 g/mol. The topological polar surface area (TPSA) is 37.4 Å². The molecule has 0 bridgehead atoms. The summed E-state index contributed by atoms with van der Waals surface area (Å²) in [6, 6.07) is 4.78. The van der Waals surface area contributed by atoms with E-state index >= 15 is 0 Å². The Morgan fingerprint density at radius 2 is 2.22 bits per heavy atom. The monoisotopic (exact) mass is 249 g/mol. The van der Waals surface area contributed by atoms with Crippen LogP contribution in [0.5, 0.6) is 0 Å². The Labute approximate surface area is 109 Å². The number of pyridine rings is 1. The molecule has 0 atom stereocenters. The molecule has 0 saturated carbocycles. The van der Waals surface area contributed by atoms with Crippen LogP contribution in [-0.4, -0.2) is 37.3 Å². The first-order valence-electron chi connectivity index (χ1n) is 6.77. The predicted octanol–water partition coefficient (Wildman–Crippen LogP) is 1.81. The predicted molar refractivity (Wildman–Crippen MR) is 73.9 cm³/mol. The molecule has 0 aromatic carbocycles. The lowest BCUT2D eigenvalue weighted by Gasteiger charge is -2.20. The van der Waals surface area contributed by atoms with Gasteiger partial charge in [0.2, 0.25) is 0 Å². The zero-order chi connectivity index (χ0) is 12.8. The Morgan fingerprint density at radius 1 is 1.33 bits per heavy atom. The molecule has 100 valence electrons. The average Bonchev–Trinajstić information content (AvgIpc) is 2.66. The van der Waals surface area contributed by atoms with Crippen molar-refractivity contribution in [2.45, 2.75) is 32.9 Å². The largest absolute Gasteiger partial charge is 0.380 e. The summed E-state index contributed by atoms with van der Waals surface area (Å²) in [6.07, 6.45) is 3.05. The first-order valence-corrected chi connectivity index (χ1v) is 6.77. The summed E-state index contributed by atoms with van der Waals surface area (Å²) >= 11 is 0. The summed E-state index contributed by atoms with van der Waals surface area (Å²) in [5.74, 6) is 1.06. The van der Waals surface area contributed by atoms with E-state index in [1.165, 1.54) is 5.56 Å². The lowest BCUT2D eigenvalue weighted by atomic mass is 10.2. The van der Waals surface area contributed by atoms with Gasteiger partial charge in [0.05, 0.1) is 6.61 Å². The SMILES string of the molecule is CC(C)NCc1ccc(N2CCCOCC2)nc1.